The van der Waals surface area contributed by atoms with E-state index in [1.807, 2.05) is 13.8 Å². The van der Waals surface area contributed by atoms with Gasteiger partial charge in [-0.25, -0.2) is 0 Å². The van der Waals surface area contributed by atoms with E-state index >= 15 is 0 Å². The lowest BCUT2D eigenvalue weighted by atomic mass is 9.41. The predicted molar refractivity (Wildman–Crippen MR) is 134 cm³/mol. The van der Waals surface area contributed by atoms with Gasteiger partial charge in [0, 0.05) is 5.92 Å². The van der Waals surface area contributed by atoms with Gasteiger partial charge in [0.05, 0.1) is 35.6 Å². The molecule has 0 aromatic heterocycles. The number of fused-ring (bicyclic) bond motifs is 2. The van der Waals surface area contributed by atoms with Crippen molar-refractivity contribution in [2.24, 2.45) is 44.8 Å². The summed E-state index contributed by atoms with van der Waals surface area (Å²) in [4.78, 5) is 0. The topological polar surface area (TPSA) is 90.2 Å². The molecule has 0 bridgehead atoms. The van der Waals surface area contributed by atoms with E-state index in [2.05, 4.69) is 34.6 Å². The predicted octanol–water partition coefficient (Wildman–Crippen LogP) is 4.44. The zero-order valence-electron chi connectivity index (χ0n) is 23.1. The third kappa shape index (κ3) is 2.78. The molecule has 1 saturated heterocycles. The van der Waals surface area contributed by atoms with Crippen LogP contribution in [-0.2, 0) is 4.74 Å². The summed E-state index contributed by atoms with van der Waals surface area (Å²) in [6.45, 7) is 15.0. The molecule has 35 heavy (non-hydrogen) atoms. The molecule has 2 spiro atoms. The third-order valence-electron chi connectivity index (χ3n) is 13.8. The van der Waals surface area contributed by atoms with E-state index in [9.17, 15) is 20.4 Å². The lowest BCUT2D eigenvalue weighted by Crippen LogP contribution is -2.62. The van der Waals surface area contributed by atoms with Crippen LogP contribution in [0.4, 0.5) is 0 Å². The second kappa shape index (κ2) is 6.86. The summed E-state index contributed by atoms with van der Waals surface area (Å²) < 4.78 is 6.66. The minimum atomic E-state index is -0.886. The first-order valence-electron chi connectivity index (χ1n) is 14.4. The van der Waals surface area contributed by atoms with E-state index in [0.29, 0.717) is 5.92 Å². The Labute approximate surface area is 212 Å². The molecule has 5 heteroatoms. The van der Waals surface area contributed by atoms with E-state index in [0.717, 1.165) is 51.4 Å². The van der Waals surface area contributed by atoms with Crippen LogP contribution in [-0.4, -0.2) is 56.0 Å². The highest BCUT2D eigenvalue weighted by Gasteiger charge is 2.84. The minimum Gasteiger partial charge on any atom is -0.393 e. The zero-order valence-corrected chi connectivity index (χ0v) is 23.1. The van der Waals surface area contributed by atoms with Gasteiger partial charge in [0.25, 0.3) is 0 Å². The quantitative estimate of drug-likeness (QED) is 0.460. The molecule has 0 radical (unpaired) electrons. The average Bonchev–Trinajstić information content (AvgIpc) is 3.08. The van der Waals surface area contributed by atoms with E-state index in [4.69, 9.17) is 4.74 Å². The fourth-order valence-corrected chi connectivity index (χ4v) is 12.1. The molecule has 5 saturated carbocycles. The van der Waals surface area contributed by atoms with Gasteiger partial charge in [0.1, 0.15) is 0 Å². The van der Waals surface area contributed by atoms with Crippen molar-refractivity contribution in [1.82, 2.24) is 0 Å². The molecule has 200 valence electrons. The highest BCUT2D eigenvalue weighted by Crippen LogP contribution is 2.89. The van der Waals surface area contributed by atoms with Crippen LogP contribution in [0.5, 0.6) is 0 Å². The molecule has 6 fully saturated rings. The van der Waals surface area contributed by atoms with Crippen molar-refractivity contribution >= 4 is 0 Å². The molecule has 4 N–H and O–H groups in total. The maximum Gasteiger partial charge on any atom is 0.0865 e. The lowest BCUT2D eigenvalue weighted by molar-refractivity contribution is -0.213. The van der Waals surface area contributed by atoms with Crippen molar-refractivity contribution in [2.75, 3.05) is 0 Å². The molecule has 5 nitrogen and oxygen atoms in total. The van der Waals surface area contributed by atoms with Gasteiger partial charge < -0.3 is 25.2 Å². The molecule has 12 atom stereocenters. The Morgan fingerprint density at radius 3 is 2.09 bits per heavy atom. The van der Waals surface area contributed by atoms with E-state index in [-0.39, 0.29) is 51.1 Å². The van der Waals surface area contributed by atoms with E-state index in [1.54, 1.807) is 0 Å². The fraction of sp³-hybridized carbons (Fsp3) is 1.00. The van der Waals surface area contributed by atoms with Crippen LogP contribution in [0.1, 0.15) is 106 Å². The number of ether oxygens (including phenoxy) is 1. The van der Waals surface area contributed by atoms with Gasteiger partial charge in [-0.05, 0) is 117 Å². The van der Waals surface area contributed by atoms with Crippen LogP contribution in [0.15, 0.2) is 0 Å². The van der Waals surface area contributed by atoms with Crippen LogP contribution in [0.3, 0.4) is 0 Å². The molecular weight excluding hydrogens is 440 g/mol. The summed E-state index contributed by atoms with van der Waals surface area (Å²) >= 11 is 0. The largest absolute Gasteiger partial charge is 0.393 e. The first kappa shape index (κ1) is 25.1. The molecule has 0 aromatic carbocycles. The van der Waals surface area contributed by atoms with Gasteiger partial charge in [-0.3, -0.25) is 0 Å². The van der Waals surface area contributed by atoms with Gasteiger partial charge in [-0.1, -0.05) is 27.7 Å². The Morgan fingerprint density at radius 1 is 0.771 bits per heavy atom. The summed E-state index contributed by atoms with van der Waals surface area (Å²) in [6, 6.07) is 0. The molecule has 5 aliphatic carbocycles. The van der Waals surface area contributed by atoms with Gasteiger partial charge >= 0.3 is 0 Å². The standard InChI is InChI=1S/C30H50O5/c1-24(2)20(33)8-11-30-16-29(30)13-12-26(5)23(28(7)10-9-21(35-28)25(3,4)34)18(32)15-27(26,6)19(29)14-17(31)22(24)30/h17-23,31-34H,8-16H2,1-7H3/t17-,18-,19?,20-,21-,22?,23-,26+,27-,28+,29?,30+/m0/s1. The van der Waals surface area contributed by atoms with Gasteiger partial charge in [-0.15, -0.1) is 0 Å². The van der Waals surface area contributed by atoms with Crippen LogP contribution < -0.4 is 0 Å². The van der Waals surface area contributed by atoms with Crippen LogP contribution in [0.25, 0.3) is 0 Å². The Hall–Kier alpha value is -0.200. The fourth-order valence-electron chi connectivity index (χ4n) is 12.1. The monoisotopic (exact) mass is 490 g/mol. The van der Waals surface area contributed by atoms with Crippen LogP contribution in [0.2, 0.25) is 0 Å². The maximum atomic E-state index is 11.7. The van der Waals surface area contributed by atoms with Gasteiger partial charge in [0.2, 0.25) is 0 Å². The molecular formula is C30H50O5. The SMILES string of the molecule is CC(C)(O)[C@@H]1CC[C@](C)([C@H]2[C@@H](O)C[C@@]3(C)C4C[C@H](O)C5C(C)(C)[C@@H](O)CC[C@@]56CC46CC[C@]23C)O1. The summed E-state index contributed by atoms with van der Waals surface area (Å²) in [5.74, 6) is 0.577. The van der Waals surface area contributed by atoms with Crippen molar-refractivity contribution in [3.8, 4) is 0 Å². The van der Waals surface area contributed by atoms with Gasteiger partial charge in [0.15, 0.2) is 0 Å². The van der Waals surface area contributed by atoms with Crippen molar-refractivity contribution in [3.63, 3.8) is 0 Å². The molecule has 3 unspecified atom stereocenters. The Bertz CT molecular complexity index is 911. The van der Waals surface area contributed by atoms with Crippen LogP contribution in [0, 0.1) is 44.8 Å². The van der Waals surface area contributed by atoms with Gasteiger partial charge in [-0.2, -0.15) is 0 Å². The first-order valence-corrected chi connectivity index (χ1v) is 14.4. The summed E-state index contributed by atoms with van der Waals surface area (Å²) in [6.07, 6.45) is 7.18. The van der Waals surface area contributed by atoms with Crippen molar-refractivity contribution in [3.05, 3.63) is 0 Å². The molecule has 6 rings (SSSR count). The first-order chi connectivity index (χ1) is 16.0. The summed E-state index contributed by atoms with van der Waals surface area (Å²) in [7, 11) is 0. The highest BCUT2D eigenvalue weighted by atomic mass is 16.5. The third-order valence-corrected chi connectivity index (χ3v) is 13.8. The number of hydrogen-bond acceptors (Lipinski definition) is 5. The normalized spacial score (nSPS) is 60.9. The van der Waals surface area contributed by atoms with Crippen molar-refractivity contribution in [2.45, 2.75) is 142 Å². The lowest BCUT2D eigenvalue weighted by Gasteiger charge is -2.64. The Balaban J connectivity index is 1.37. The highest BCUT2D eigenvalue weighted by molar-refractivity contribution is 5.33. The van der Waals surface area contributed by atoms with Crippen molar-refractivity contribution in [1.29, 1.82) is 0 Å². The molecule has 0 aromatic rings. The molecule has 0 amide bonds. The smallest absolute Gasteiger partial charge is 0.0865 e. The van der Waals surface area contributed by atoms with Crippen LogP contribution >= 0.6 is 0 Å². The van der Waals surface area contributed by atoms with E-state index < -0.39 is 23.4 Å². The number of rotatable bonds is 2. The second-order valence-corrected chi connectivity index (χ2v) is 15.9. The number of aliphatic hydroxyl groups excluding tert-OH is 3. The zero-order chi connectivity index (χ0) is 25.6. The molecule has 6 aliphatic rings. The summed E-state index contributed by atoms with van der Waals surface area (Å²) in [5.41, 5.74) is -1.35. The number of hydrogen-bond donors (Lipinski definition) is 4. The maximum absolute atomic E-state index is 11.7. The average molecular weight is 491 g/mol. The second-order valence-electron chi connectivity index (χ2n) is 15.9. The Morgan fingerprint density at radius 2 is 1.46 bits per heavy atom. The molecule has 1 aliphatic heterocycles. The molecule has 1 heterocycles. The minimum absolute atomic E-state index is 0.0267. The summed E-state index contributed by atoms with van der Waals surface area (Å²) in [5, 5.41) is 45.0. The number of aliphatic hydroxyl groups is 4. The Kier molecular flexibility index (Phi) is 4.92. The van der Waals surface area contributed by atoms with Crippen molar-refractivity contribution < 1.29 is 25.2 Å². The van der Waals surface area contributed by atoms with E-state index in [1.165, 1.54) is 6.42 Å².